The average molecular weight is 282 g/mol. The van der Waals surface area contributed by atoms with Crippen LogP contribution in [0.25, 0.3) is 0 Å². The van der Waals surface area contributed by atoms with Gasteiger partial charge >= 0.3 is 0 Å². The van der Waals surface area contributed by atoms with Crippen molar-refractivity contribution in [2.24, 2.45) is 0 Å². The van der Waals surface area contributed by atoms with Gasteiger partial charge in [-0.3, -0.25) is 4.79 Å². The minimum absolute atomic E-state index is 0.0231. The van der Waals surface area contributed by atoms with Gasteiger partial charge in [0.15, 0.2) is 0 Å². The summed E-state index contributed by atoms with van der Waals surface area (Å²) < 4.78 is 18.3. The third kappa shape index (κ3) is 6.52. The zero-order valence-corrected chi connectivity index (χ0v) is 12.0. The maximum absolute atomic E-state index is 13.0. The molecule has 0 radical (unpaired) electrons. The summed E-state index contributed by atoms with van der Waals surface area (Å²) in [4.78, 5) is 11.6. The van der Waals surface area contributed by atoms with Crippen molar-refractivity contribution in [1.29, 1.82) is 0 Å². The summed E-state index contributed by atoms with van der Waals surface area (Å²) in [5.74, 6) is -0.650. The van der Waals surface area contributed by atoms with E-state index < -0.39 is 5.82 Å². The number of carbonyl (C=O) groups is 1. The van der Waals surface area contributed by atoms with Gasteiger partial charge in [0.2, 0.25) is 5.91 Å². The van der Waals surface area contributed by atoms with Crippen molar-refractivity contribution in [2.75, 3.05) is 24.3 Å². The maximum atomic E-state index is 13.0. The number of nitrogens with two attached hydrogens (primary N) is 1. The fourth-order valence-corrected chi connectivity index (χ4v) is 1.74. The van der Waals surface area contributed by atoms with Crippen LogP contribution >= 0.6 is 0 Å². The van der Waals surface area contributed by atoms with Crippen molar-refractivity contribution in [1.82, 2.24) is 0 Å². The van der Waals surface area contributed by atoms with Crippen molar-refractivity contribution in [3.63, 3.8) is 0 Å². The van der Waals surface area contributed by atoms with Crippen LogP contribution in [-0.2, 0) is 9.53 Å². The normalized spacial score (nSPS) is 10.5. The largest absolute Gasteiger partial charge is 0.396 e. The van der Waals surface area contributed by atoms with E-state index in [-0.39, 0.29) is 18.0 Å². The highest BCUT2D eigenvalue weighted by atomic mass is 19.1. The van der Waals surface area contributed by atoms with E-state index >= 15 is 0 Å². The number of halogens is 1. The first-order valence-corrected chi connectivity index (χ1v) is 7.06. The van der Waals surface area contributed by atoms with E-state index in [2.05, 4.69) is 12.2 Å². The summed E-state index contributed by atoms with van der Waals surface area (Å²) in [6.07, 6.45) is 4.89. The summed E-state index contributed by atoms with van der Waals surface area (Å²) in [5, 5.41) is 2.66. The summed E-state index contributed by atoms with van der Waals surface area (Å²) >= 11 is 0. The summed E-state index contributed by atoms with van der Waals surface area (Å²) in [6.45, 7) is 3.25. The summed E-state index contributed by atoms with van der Waals surface area (Å²) in [7, 11) is 0. The van der Waals surface area contributed by atoms with Gasteiger partial charge in [0, 0.05) is 12.3 Å². The van der Waals surface area contributed by atoms with Crippen molar-refractivity contribution in [3.05, 3.63) is 24.0 Å². The highest BCUT2D eigenvalue weighted by Crippen LogP contribution is 2.16. The second-order valence-corrected chi connectivity index (χ2v) is 4.71. The highest BCUT2D eigenvalue weighted by Gasteiger charge is 2.04. The Morgan fingerprint density at radius 3 is 2.80 bits per heavy atom. The molecule has 5 heteroatoms. The Morgan fingerprint density at radius 2 is 2.10 bits per heavy atom. The molecule has 0 aromatic heterocycles. The third-order valence-electron chi connectivity index (χ3n) is 2.90. The number of carbonyl (C=O) groups excluding carboxylic acids is 1. The lowest BCUT2D eigenvalue weighted by Crippen LogP contribution is -2.14. The molecule has 0 saturated carbocycles. The maximum Gasteiger partial charge on any atom is 0.226 e. The molecule has 0 atom stereocenters. The monoisotopic (exact) mass is 282 g/mol. The van der Waals surface area contributed by atoms with Crippen molar-refractivity contribution in [2.45, 2.75) is 39.0 Å². The van der Waals surface area contributed by atoms with Crippen LogP contribution in [0.15, 0.2) is 18.2 Å². The number of unbranched alkanes of at least 4 members (excludes halogenated alkanes) is 3. The van der Waals surface area contributed by atoms with E-state index in [4.69, 9.17) is 10.5 Å². The predicted molar refractivity (Wildman–Crippen MR) is 79.0 cm³/mol. The molecule has 4 nitrogen and oxygen atoms in total. The standard InChI is InChI=1S/C15H23FN2O2/c1-2-3-4-5-9-20-10-8-15(19)18-12-6-7-13(16)14(17)11-12/h6-7,11H,2-5,8-10,17H2,1H3,(H,18,19). The second-order valence-electron chi connectivity index (χ2n) is 4.71. The van der Waals surface area contributed by atoms with Gasteiger partial charge in [-0.25, -0.2) is 4.39 Å². The fourth-order valence-electron chi connectivity index (χ4n) is 1.74. The Bertz CT molecular complexity index is 424. The van der Waals surface area contributed by atoms with E-state index in [1.165, 1.54) is 31.0 Å². The van der Waals surface area contributed by atoms with Crippen LogP contribution in [0.5, 0.6) is 0 Å². The topological polar surface area (TPSA) is 64.3 Å². The molecule has 0 aliphatic carbocycles. The number of benzene rings is 1. The Labute approximate surface area is 119 Å². The Balaban J connectivity index is 2.15. The first-order chi connectivity index (χ1) is 9.63. The van der Waals surface area contributed by atoms with Crippen LogP contribution in [0.1, 0.15) is 39.0 Å². The van der Waals surface area contributed by atoms with Gasteiger partial charge in [0.05, 0.1) is 18.7 Å². The van der Waals surface area contributed by atoms with Crippen LogP contribution in [0, 0.1) is 5.82 Å². The number of anilines is 2. The molecule has 0 aliphatic heterocycles. The zero-order valence-electron chi connectivity index (χ0n) is 12.0. The molecule has 0 bridgehead atoms. The van der Waals surface area contributed by atoms with Crippen LogP contribution in [0.4, 0.5) is 15.8 Å². The van der Waals surface area contributed by atoms with Gasteiger partial charge in [-0.05, 0) is 24.6 Å². The van der Waals surface area contributed by atoms with Gasteiger partial charge < -0.3 is 15.8 Å². The first kappa shape index (κ1) is 16.4. The lowest BCUT2D eigenvalue weighted by atomic mass is 10.2. The van der Waals surface area contributed by atoms with Crippen LogP contribution in [0.3, 0.4) is 0 Å². The van der Waals surface area contributed by atoms with E-state index in [0.717, 1.165) is 12.8 Å². The lowest BCUT2D eigenvalue weighted by molar-refractivity contribution is -0.117. The molecule has 1 aromatic carbocycles. The zero-order chi connectivity index (χ0) is 14.8. The summed E-state index contributed by atoms with van der Waals surface area (Å²) in [5.41, 5.74) is 5.95. The van der Waals surface area contributed by atoms with Crippen molar-refractivity contribution < 1.29 is 13.9 Å². The quantitative estimate of drug-likeness (QED) is 0.539. The number of nitrogens with one attached hydrogen (secondary N) is 1. The van der Waals surface area contributed by atoms with Gasteiger partial charge in [-0.1, -0.05) is 26.2 Å². The molecule has 0 spiro atoms. The molecule has 1 aromatic rings. The second kappa shape index (κ2) is 9.31. The number of amides is 1. The molecule has 1 amide bonds. The van der Waals surface area contributed by atoms with Crippen molar-refractivity contribution >= 4 is 17.3 Å². The average Bonchev–Trinajstić information content (AvgIpc) is 2.42. The number of hydrogen-bond acceptors (Lipinski definition) is 3. The Kier molecular flexibility index (Phi) is 7.65. The number of ether oxygens (including phenoxy) is 1. The van der Waals surface area contributed by atoms with Gasteiger partial charge in [-0.2, -0.15) is 0 Å². The smallest absolute Gasteiger partial charge is 0.226 e. The molecule has 1 rings (SSSR count). The molecule has 0 aliphatic rings. The van der Waals surface area contributed by atoms with Gasteiger partial charge in [0.1, 0.15) is 5.82 Å². The Morgan fingerprint density at radius 1 is 1.30 bits per heavy atom. The minimum Gasteiger partial charge on any atom is -0.396 e. The lowest BCUT2D eigenvalue weighted by Gasteiger charge is -2.07. The summed E-state index contributed by atoms with van der Waals surface area (Å²) in [6, 6.07) is 4.11. The number of nitrogen functional groups attached to an aromatic ring is 1. The number of hydrogen-bond donors (Lipinski definition) is 2. The van der Waals surface area contributed by atoms with E-state index in [0.29, 0.717) is 18.9 Å². The first-order valence-electron chi connectivity index (χ1n) is 7.06. The highest BCUT2D eigenvalue weighted by molar-refractivity contribution is 5.91. The minimum atomic E-state index is -0.488. The van der Waals surface area contributed by atoms with Gasteiger partial charge in [0.25, 0.3) is 0 Å². The molecule has 0 fully saturated rings. The predicted octanol–water partition coefficient (Wildman–Crippen LogP) is 3.33. The molecular formula is C15H23FN2O2. The van der Waals surface area contributed by atoms with Crippen molar-refractivity contribution in [3.8, 4) is 0 Å². The third-order valence-corrected chi connectivity index (χ3v) is 2.90. The van der Waals surface area contributed by atoms with Crippen LogP contribution in [-0.4, -0.2) is 19.1 Å². The van der Waals surface area contributed by atoms with E-state index in [1.807, 2.05) is 0 Å². The number of rotatable bonds is 9. The van der Waals surface area contributed by atoms with Gasteiger partial charge in [-0.15, -0.1) is 0 Å². The Hall–Kier alpha value is -1.62. The van der Waals surface area contributed by atoms with E-state index in [1.54, 1.807) is 0 Å². The molecule has 112 valence electrons. The molecule has 20 heavy (non-hydrogen) atoms. The molecule has 0 heterocycles. The van der Waals surface area contributed by atoms with Crippen LogP contribution in [0.2, 0.25) is 0 Å². The van der Waals surface area contributed by atoms with Crippen LogP contribution < -0.4 is 11.1 Å². The molecule has 0 saturated heterocycles. The molecule has 0 unspecified atom stereocenters. The fraction of sp³-hybridized carbons (Fsp3) is 0.533. The SMILES string of the molecule is CCCCCCOCCC(=O)Nc1ccc(F)c(N)c1. The molecular weight excluding hydrogens is 259 g/mol. The van der Waals surface area contributed by atoms with E-state index in [9.17, 15) is 9.18 Å². The molecule has 3 N–H and O–H groups in total.